The molecular formula is C17H27NO3. The molecule has 1 heterocycles. The van der Waals surface area contributed by atoms with Crippen molar-refractivity contribution in [2.24, 2.45) is 5.92 Å². The lowest BCUT2D eigenvalue weighted by Crippen LogP contribution is -2.47. The summed E-state index contributed by atoms with van der Waals surface area (Å²) in [6.07, 6.45) is 0.951. The molecule has 4 nitrogen and oxygen atoms in total. The summed E-state index contributed by atoms with van der Waals surface area (Å²) >= 11 is 0. The summed E-state index contributed by atoms with van der Waals surface area (Å²) < 4.78 is 11.1. The fraction of sp³-hybridized carbons (Fsp3) is 0.647. The van der Waals surface area contributed by atoms with Gasteiger partial charge in [-0.1, -0.05) is 37.3 Å². The number of likely N-dealkylation sites (tertiary alicyclic amines) is 1. The van der Waals surface area contributed by atoms with Crippen LogP contribution in [0.1, 0.15) is 18.9 Å². The highest BCUT2D eigenvalue weighted by Gasteiger charge is 2.26. The van der Waals surface area contributed by atoms with Crippen molar-refractivity contribution in [2.75, 3.05) is 33.4 Å². The zero-order chi connectivity index (χ0) is 15.1. The summed E-state index contributed by atoms with van der Waals surface area (Å²) in [5, 5.41) is 10.1. The summed E-state index contributed by atoms with van der Waals surface area (Å²) in [6, 6.07) is 10.0. The summed E-state index contributed by atoms with van der Waals surface area (Å²) in [7, 11) is 1.77. The fourth-order valence-corrected chi connectivity index (χ4v) is 2.81. The molecule has 1 aromatic carbocycles. The maximum absolute atomic E-state index is 10.1. The third kappa shape index (κ3) is 5.40. The quantitative estimate of drug-likeness (QED) is 0.834. The van der Waals surface area contributed by atoms with Gasteiger partial charge in [-0.3, -0.25) is 4.90 Å². The second kappa shape index (κ2) is 8.49. The third-order valence-corrected chi connectivity index (χ3v) is 4.17. The highest BCUT2D eigenvalue weighted by molar-refractivity contribution is 5.13. The van der Waals surface area contributed by atoms with Crippen molar-refractivity contribution >= 4 is 0 Å². The van der Waals surface area contributed by atoms with E-state index in [1.807, 2.05) is 30.3 Å². The van der Waals surface area contributed by atoms with Gasteiger partial charge in [-0.15, -0.1) is 0 Å². The Morgan fingerprint density at radius 1 is 1.33 bits per heavy atom. The largest absolute Gasteiger partial charge is 0.389 e. The molecule has 3 atom stereocenters. The first-order valence-electron chi connectivity index (χ1n) is 7.74. The van der Waals surface area contributed by atoms with E-state index in [-0.39, 0.29) is 6.10 Å². The molecule has 118 valence electrons. The molecule has 4 heteroatoms. The van der Waals surface area contributed by atoms with E-state index in [0.29, 0.717) is 25.7 Å². The van der Waals surface area contributed by atoms with Crippen LogP contribution in [0.2, 0.25) is 0 Å². The minimum Gasteiger partial charge on any atom is -0.389 e. The molecule has 1 aliphatic rings. The molecule has 0 spiro atoms. The molecule has 3 unspecified atom stereocenters. The Balaban J connectivity index is 1.66. The number of benzene rings is 1. The topological polar surface area (TPSA) is 41.9 Å². The number of aliphatic hydroxyl groups excluding tert-OH is 1. The van der Waals surface area contributed by atoms with Crippen LogP contribution >= 0.6 is 0 Å². The Morgan fingerprint density at radius 3 is 2.81 bits per heavy atom. The average Bonchev–Trinajstić information content (AvgIpc) is 2.50. The first kappa shape index (κ1) is 16.4. The van der Waals surface area contributed by atoms with E-state index >= 15 is 0 Å². The maximum Gasteiger partial charge on any atom is 0.0900 e. The van der Waals surface area contributed by atoms with Crippen molar-refractivity contribution in [3.05, 3.63) is 35.9 Å². The van der Waals surface area contributed by atoms with Gasteiger partial charge >= 0.3 is 0 Å². The van der Waals surface area contributed by atoms with Gasteiger partial charge < -0.3 is 14.6 Å². The van der Waals surface area contributed by atoms with Crippen molar-refractivity contribution in [1.82, 2.24) is 4.90 Å². The van der Waals surface area contributed by atoms with E-state index < -0.39 is 6.10 Å². The van der Waals surface area contributed by atoms with Crippen LogP contribution in [0, 0.1) is 5.92 Å². The van der Waals surface area contributed by atoms with Gasteiger partial charge in [0, 0.05) is 20.2 Å². The Hall–Kier alpha value is -0.940. The van der Waals surface area contributed by atoms with E-state index in [0.717, 1.165) is 25.1 Å². The SMILES string of the molecule is COC1CN(CC(O)COCc2ccccc2)CCC1C. The lowest BCUT2D eigenvalue weighted by Gasteiger charge is -2.37. The molecular weight excluding hydrogens is 266 g/mol. The van der Waals surface area contributed by atoms with Gasteiger partial charge in [0.2, 0.25) is 0 Å². The Morgan fingerprint density at radius 2 is 2.10 bits per heavy atom. The predicted octanol–water partition coefficient (Wildman–Crippen LogP) is 1.92. The molecule has 1 fully saturated rings. The molecule has 0 radical (unpaired) electrons. The number of hydrogen-bond donors (Lipinski definition) is 1. The van der Waals surface area contributed by atoms with Crippen LogP contribution in [0.4, 0.5) is 0 Å². The molecule has 1 N–H and O–H groups in total. The van der Waals surface area contributed by atoms with Crippen molar-refractivity contribution in [1.29, 1.82) is 0 Å². The van der Waals surface area contributed by atoms with Crippen LogP contribution in [-0.2, 0) is 16.1 Å². The number of piperidine rings is 1. The summed E-state index contributed by atoms with van der Waals surface area (Å²) in [6.45, 7) is 5.73. The van der Waals surface area contributed by atoms with Crippen molar-refractivity contribution < 1.29 is 14.6 Å². The lowest BCUT2D eigenvalue weighted by molar-refractivity contribution is -0.0341. The van der Waals surface area contributed by atoms with Gasteiger partial charge in [-0.2, -0.15) is 0 Å². The van der Waals surface area contributed by atoms with Crippen LogP contribution in [0.25, 0.3) is 0 Å². The molecule has 0 aliphatic carbocycles. The van der Waals surface area contributed by atoms with E-state index in [1.165, 1.54) is 0 Å². The van der Waals surface area contributed by atoms with Crippen molar-refractivity contribution in [3.8, 4) is 0 Å². The molecule has 1 aromatic rings. The van der Waals surface area contributed by atoms with Crippen LogP contribution < -0.4 is 0 Å². The molecule has 1 saturated heterocycles. The summed E-state index contributed by atoms with van der Waals surface area (Å²) in [4.78, 5) is 2.27. The molecule has 2 rings (SSSR count). The zero-order valence-electron chi connectivity index (χ0n) is 13.1. The number of hydrogen-bond acceptors (Lipinski definition) is 4. The van der Waals surface area contributed by atoms with Crippen molar-refractivity contribution in [3.63, 3.8) is 0 Å². The number of nitrogens with zero attached hydrogens (tertiary/aromatic N) is 1. The van der Waals surface area contributed by atoms with E-state index in [2.05, 4.69) is 11.8 Å². The first-order valence-corrected chi connectivity index (χ1v) is 7.74. The second-order valence-electron chi connectivity index (χ2n) is 5.95. The highest BCUT2D eigenvalue weighted by atomic mass is 16.5. The Labute approximate surface area is 127 Å². The monoisotopic (exact) mass is 293 g/mol. The van der Waals surface area contributed by atoms with E-state index in [1.54, 1.807) is 7.11 Å². The Bertz CT molecular complexity index is 398. The van der Waals surface area contributed by atoms with Gasteiger partial charge in [0.05, 0.1) is 25.4 Å². The number of rotatable bonds is 7. The van der Waals surface area contributed by atoms with Gasteiger partial charge in [0.25, 0.3) is 0 Å². The van der Waals surface area contributed by atoms with Gasteiger partial charge in [0.15, 0.2) is 0 Å². The number of aliphatic hydroxyl groups is 1. The highest BCUT2D eigenvalue weighted by Crippen LogP contribution is 2.19. The van der Waals surface area contributed by atoms with E-state index in [9.17, 15) is 5.11 Å². The van der Waals surface area contributed by atoms with Gasteiger partial charge in [-0.25, -0.2) is 0 Å². The van der Waals surface area contributed by atoms with Crippen LogP contribution in [0.3, 0.4) is 0 Å². The minimum atomic E-state index is -0.445. The fourth-order valence-electron chi connectivity index (χ4n) is 2.81. The maximum atomic E-state index is 10.1. The number of methoxy groups -OCH3 is 1. The number of ether oxygens (including phenoxy) is 2. The van der Waals surface area contributed by atoms with Crippen LogP contribution in [0.5, 0.6) is 0 Å². The van der Waals surface area contributed by atoms with Crippen molar-refractivity contribution in [2.45, 2.75) is 32.2 Å². The number of β-amino-alcohol motifs (C(OH)–C–C–N with tert-alkyl or cyclic N) is 1. The molecule has 21 heavy (non-hydrogen) atoms. The Kier molecular flexibility index (Phi) is 6.64. The standard InChI is InChI=1S/C17H27NO3/c1-14-8-9-18(11-17(14)20-2)10-16(19)13-21-12-15-6-4-3-5-7-15/h3-7,14,16-17,19H,8-13H2,1-2H3. The molecule has 0 amide bonds. The second-order valence-corrected chi connectivity index (χ2v) is 5.95. The van der Waals surface area contributed by atoms with E-state index in [4.69, 9.17) is 9.47 Å². The molecule has 0 bridgehead atoms. The smallest absolute Gasteiger partial charge is 0.0900 e. The average molecular weight is 293 g/mol. The molecule has 0 saturated carbocycles. The zero-order valence-corrected chi connectivity index (χ0v) is 13.1. The minimum absolute atomic E-state index is 0.274. The summed E-state index contributed by atoms with van der Waals surface area (Å²) in [5.41, 5.74) is 1.14. The van der Waals surface area contributed by atoms with Crippen LogP contribution in [-0.4, -0.2) is 55.6 Å². The third-order valence-electron chi connectivity index (χ3n) is 4.17. The molecule has 1 aliphatic heterocycles. The van der Waals surface area contributed by atoms with Crippen LogP contribution in [0.15, 0.2) is 30.3 Å². The normalized spacial score (nSPS) is 24.9. The predicted molar refractivity (Wildman–Crippen MR) is 83.1 cm³/mol. The molecule has 0 aromatic heterocycles. The summed E-state index contributed by atoms with van der Waals surface area (Å²) in [5.74, 6) is 0.595. The van der Waals surface area contributed by atoms with Gasteiger partial charge in [0.1, 0.15) is 0 Å². The lowest BCUT2D eigenvalue weighted by atomic mass is 9.95. The van der Waals surface area contributed by atoms with Gasteiger partial charge in [-0.05, 0) is 24.4 Å². The first-order chi connectivity index (χ1) is 10.2.